The van der Waals surface area contributed by atoms with Gasteiger partial charge in [0.05, 0.1) is 0 Å². The van der Waals surface area contributed by atoms with Crippen LogP contribution in [0.25, 0.3) is 0 Å². The summed E-state index contributed by atoms with van der Waals surface area (Å²) in [6.07, 6.45) is 1.78. The third-order valence-corrected chi connectivity index (χ3v) is 3.45. The molecule has 2 N–H and O–H groups in total. The van der Waals surface area contributed by atoms with Gasteiger partial charge in [-0.25, -0.2) is 0 Å². The Balaban J connectivity index is 3.53. The molecule has 0 radical (unpaired) electrons. The Bertz CT molecular complexity index is 573. The Morgan fingerprint density at radius 1 is 1.41 bits per heavy atom. The van der Waals surface area contributed by atoms with Crippen molar-refractivity contribution in [1.82, 2.24) is 4.57 Å². The quantitative estimate of drug-likeness (QED) is 0.777. The van der Waals surface area contributed by atoms with Gasteiger partial charge in [0.1, 0.15) is 0 Å². The molecule has 0 aliphatic carbocycles. The predicted octanol–water partition coefficient (Wildman–Crippen LogP) is 0.680. The van der Waals surface area contributed by atoms with Gasteiger partial charge in [-0.1, -0.05) is 13.3 Å². The van der Waals surface area contributed by atoms with Gasteiger partial charge in [0.2, 0.25) is 0 Å². The number of rotatable bonds is 4. The third kappa shape index (κ3) is 2.86. The number of hydrogen-bond acceptors (Lipinski definition) is 4. The van der Waals surface area contributed by atoms with Crippen LogP contribution in [0.3, 0.4) is 0 Å². The van der Waals surface area contributed by atoms with Crippen molar-refractivity contribution in [1.29, 1.82) is 0 Å². The molecule has 0 aromatic carbocycles. The van der Waals surface area contributed by atoms with Crippen LogP contribution in [0.5, 0.6) is 5.88 Å². The summed E-state index contributed by atoms with van der Waals surface area (Å²) < 4.78 is 32.1. The number of aromatic hydroxyl groups is 1. The van der Waals surface area contributed by atoms with Crippen molar-refractivity contribution in [3.8, 4) is 5.88 Å². The van der Waals surface area contributed by atoms with Crippen LogP contribution in [0.1, 0.15) is 25.3 Å². The number of nitrogens with zero attached hydrogens (tertiary/aromatic N) is 1. The molecular formula is C10H15NO5S. The van der Waals surface area contributed by atoms with Gasteiger partial charge in [0.25, 0.3) is 15.7 Å². The number of aromatic nitrogens is 1. The molecule has 0 amide bonds. The van der Waals surface area contributed by atoms with Crippen LogP contribution in [0.2, 0.25) is 0 Å². The zero-order valence-corrected chi connectivity index (χ0v) is 10.5. The summed E-state index contributed by atoms with van der Waals surface area (Å²) >= 11 is 0. The van der Waals surface area contributed by atoms with Crippen LogP contribution in [-0.4, -0.2) is 22.6 Å². The Morgan fingerprint density at radius 3 is 2.47 bits per heavy atom. The summed E-state index contributed by atoms with van der Waals surface area (Å²) in [6, 6.07) is 1.19. The van der Waals surface area contributed by atoms with Crippen LogP contribution in [0.15, 0.2) is 15.8 Å². The van der Waals surface area contributed by atoms with E-state index in [4.69, 9.17) is 4.55 Å². The first-order chi connectivity index (χ1) is 7.79. The van der Waals surface area contributed by atoms with Crippen molar-refractivity contribution in [2.45, 2.75) is 31.1 Å². The third-order valence-electron chi connectivity index (χ3n) is 2.50. The molecule has 1 aromatic heterocycles. The van der Waals surface area contributed by atoms with Crippen LogP contribution < -0.4 is 5.56 Å². The molecule has 0 saturated heterocycles. The van der Waals surface area contributed by atoms with Gasteiger partial charge in [0, 0.05) is 13.1 Å². The van der Waals surface area contributed by atoms with Gasteiger partial charge in [-0.05, 0) is 18.4 Å². The molecule has 1 aromatic rings. The maximum absolute atomic E-state index is 11.7. The van der Waals surface area contributed by atoms with E-state index in [-0.39, 0.29) is 11.4 Å². The molecule has 0 fully saturated rings. The Morgan fingerprint density at radius 2 is 2.00 bits per heavy atom. The average Bonchev–Trinajstić information content (AvgIpc) is 2.20. The van der Waals surface area contributed by atoms with Gasteiger partial charge in [0.15, 0.2) is 10.8 Å². The van der Waals surface area contributed by atoms with Crippen molar-refractivity contribution in [3.63, 3.8) is 0 Å². The van der Waals surface area contributed by atoms with Crippen molar-refractivity contribution >= 4 is 10.1 Å². The maximum Gasteiger partial charge on any atom is 0.300 e. The second-order valence-electron chi connectivity index (χ2n) is 3.80. The lowest BCUT2D eigenvalue weighted by molar-refractivity contribution is 0.417. The molecule has 0 aliphatic rings. The van der Waals surface area contributed by atoms with Crippen molar-refractivity contribution in [2.75, 3.05) is 0 Å². The highest BCUT2D eigenvalue weighted by molar-refractivity contribution is 7.85. The normalized spacial score (nSPS) is 11.7. The molecule has 17 heavy (non-hydrogen) atoms. The second-order valence-corrected chi connectivity index (χ2v) is 5.16. The molecule has 6 nitrogen and oxygen atoms in total. The van der Waals surface area contributed by atoms with E-state index in [0.29, 0.717) is 12.8 Å². The number of hydrogen-bond donors (Lipinski definition) is 2. The molecule has 1 rings (SSSR count). The summed E-state index contributed by atoms with van der Waals surface area (Å²) in [6.45, 7) is 1.91. The number of pyridine rings is 1. The molecule has 0 aliphatic heterocycles. The van der Waals surface area contributed by atoms with Gasteiger partial charge < -0.3 is 5.11 Å². The summed E-state index contributed by atoms with van der Waals surface area (Å²) in [5, 5.41) is 9.46. The van der Waals surface area contributed by atoms with Crippen LogP contribution in [0.4, 0.5) is 0 Å². The fourth-order valence-electron chi connectivity index (χ4n) is 1.54. The maximum atomic E-state index is 11.7. The summed E-state index contributed by atoms with van der Waals surface area (Å²) in [5.41, 5.74) is -0.770. The van der Waals surface area contributed by atoms with E-state index in [2.05, 4.69) is 0 Å². The van der Waals surface area contributed by atoms with Crippen LogP contribution in [0, 0.1) is 0 Å². The molecule has 0 saturated carbocycles. The molecule has 1 heterocycles. The molecular weight excluding hydrogens is 246 g/mol. The van der Waals surface area contributed by atoms with E-state index < -0.39 is 20.6 Å². The molecule has 0 spiro atoms. The topological polar surface area (TPSA) is 96.6 Å². The minimum absolute atomic E-state index is 0.148. The van der Waals surface area contributed by atoms with Crippen molar-refractivity contribution in [3.05, 3.63) is 22.0 Å². The minimum atomic E-state index is -4.58. The van der Waals surface area contributed by atoms with E-state index >= 15 is 0 Å². The second kappa shape index (κ2) is 4.89. The summed E-state index contributed by atoms with van der Waals surface area (Å²) in [5.74, 6) is -0.325. The number of unbranched alkanes of at least 4 members (excludes halogenated alkanes) is 1. The van der Waals surface area contributed by atoms with E-state index in [1.807, 2.05) is 6.92 Å². The van der Waals surface area contributed by atoms with Gasteiger partial charge in [-0.3, -0.25) is 13.9 Å². The monoisotopic (exact) mass is 261 g/mol. The average molecular weight is 261 g/mol. The van der Waals surface area contributed by atoms with Crippen LogP contribution in [-0.2, 0) is 23.6 Å². The van der Waals surface area contributed by atoms with Crippen LogP contribution >= 0.6 is 0 Å². The smallest absolute Gasteiger partial charge is 0.300 e. The lowest BCUT2D eigenvalue weighted by atomic mass is 10.1. The molecule has 0 atom stereocenters. The Labute approximate surface area is 99.3 Å². The fraction of sp³-hybridized carbons (Fsp3) is 0.500. The SMILES string of the molecule is CCCCc1cc(O)n(C)c(=O)c1S(=O)(=O)O. The summed E-state index contributed by atoms with van der Waals surface area (Å²) in [7, 11) is -3.35. The summed E-state index contributed by atoms with van der Waals surface area (Å²) in [4.78, 5) is 11.0. The zero-order valence-electron chi connectivity index (χ0n) is 9.67. The van der Waals surface area contributed by atoms with E-state index in [0.717, 1.165) is 11.0 Å². The Hall–Kier alpha value is -1.34. The first-order valence-electron chi connectivity index (χ1n) is 5.18. The van der Waals surface area contributed by atoms with Gasteiger partial charge >= 0.3 is 0 Å². The Kier molecular flexibility index (Phi) is 3.94. The zero-order chi connectivity index (χ0) is 13.2. The van der Waals surface area contributed by atoms with Crippen molar-refractivity contribution in [2.24, 2.45) is 7.05 Å². The molecule has 0 bridgehead atoms. The highest BCUT2D eigenvalue weighted by atomic mass is 32.2. The van der Waals surface area contributed by atoms with E-state index in [1.54, 1.807) is 0 Å². The lowest BCUT2D eigenvalue weighted by Gasteiger charge is -2.09. The number of aryl methyl sites for hydroxylation is 1. The first-order valence-corrected chi connectivity index (χ1v) is 6.62. The van der Waals surface area contributed by atoms with E-state index in [1.165, 1.54) is 13.1 Å². The van der Waals surface area contributed by atoms with Crippen molar-refractivity contribution < 1.29 is 18.1 Å². The lowest BCUT2D eigenvalue weighted by Crippen LogP contribution is -2.25. The highest BCUT2D eigenvalue weighted by Gasteiger charge is 2.22. The largest absolute Gasteiger partial charge is 0.494 e. The van der Waals surface area contributed by atoms with E-state index in [9.17, 15) is 18.3 Å². The van der Waals surface area contributed by atoms with Gasteiger partial charge in [-0.2, -0.15) is 8.42 Å². The first kappa shape index (κ1) is 13.7. The highest BCUT2D eigenvalue weighted by Crippen LogP contribution is 2.18. The fourth-order valence-corrected chi connectivity index (χ4v) is 2.39. The van der Waals surface area contributed by atoms with Gasteiger partial charge in [-0.15, -0.1) is 0 Å². The molecule has 7 heteroatoms. The minimum Gasteiger partial charge on any atom is -0.494 e. The predicted molar refractivity (Wildman–Crippen MR) is 61.8 cm³/mol. The molecule has 96 valence electrons. The standard InChI is InChI=1S/C10H15NO5S/c1-3-4-5-7-6-8(12)11(2)10(13)9(7)17(14,15)16/h6,12H,3-5H2,1-2H3,(H,14,15,16). The molecule has 0 unspecified atom stereocenters.